The number of benzene rings is 1. The van der Waals surface area contributed by atoms with Gasteiger partial charge in [-0.2, -0.15) is 0 Å². The van der Waals surface area contributed by atoms with Gasteiger partial charge in [0.2, 0.25) is 0 Å². The zero-order valence-corrected chi connectivity index (χ0v) is 10.2. The van der Waals surface area contributed by atoms with Gasteiger partial charge in [0, 0.05) is 6.42 Å². The van der Waals surface area contributed by atoms with Crippen molar-refractivity contribution in [2.24, 2.45) is 5.92 Å². The molecule has 0 amide bonds. The Balaban J connectivity index is 1.64. The number of nitrogens with zero attached hydrogens (tertiary/aromatic N) is 1. The molecule has 90 valence electrons. The van der Waals surface area contributed by atoms with E-state index in [1.807, 2.05) is 24.3 Å². The van der Waals surface area contributed by atoms with Gasteiger partial charge in [0.1, 0.15) is 5.52 Å². The van der Waals surface area contributed by atoms with Crippen LogP contribution in [0.1, 0.15) is 44.4 Å². The molecule has 17 heavy (non-hydrogen) atoms. The summed E-state index contributed by atoms with van der Waals surface area (Å²) in [6.45, 7) is 0. The summed E-state index contributed by atoms with van der Waals surface area (Å²) in [7, 11) is 0. The number of aromatic nitrogens is 1. The Morgan fingerprint density at radius 2 is 1.94 bits per heavy atom. The van der Waals surface area contributed by atoms with Crippen LogP contribution in [0.25, 0.3) is 11.1 Å². The Morgan fingerprint density at radius 3 is 2.76 bits per heavy atom. The number of rotatable bonds is 3. The summed E-state index contributed by atoms with van der Waals surface area (Å²) < 4.78 is 5.75. The summed E-state index contributed by atoms with van der Waals surface area (Å²) in [6, 6.07) is 8.02. The highest BCUT2D eigenvalue weighted by Crippen LogP contribution is 2.27. The summed E-state index contributed by atoms with van der Waals surface area (Å²) in [5.74, 6) is 1.82. The van der Waals surface area contributed by atoms with Crippen LogP contribution in [0.3, 0.4) is 0 Å². The van der Waals surface area contributed by atoms with E-state index in [4.69, 9.17) is 4.42 Å². The van der Waals surface area contributed by atoms with Crippen LogP contribution in [0.2, 0.25) is 0 Å². The van der Waals surface area contributed by atoms with Gasteiger partial charge in [0.15, 0.2) is 11.5 Å². The molecule has 0 atom stereocenters. The highest BCUT2D eigenvalue weighted by molar-refractivity contribution is 5.72. The Labute approximate surface area is 102 Å². The van der Waals surface area contributed by atoms with E-state index in [0.717, 1.165) is 29.3 Å². The smallest absolute Gasteiger partial charge is 0.195 e. The fraction of sp³-hybridized carbons (Fsp3) is 0.533. The summed E-state index contributed by atoms with van der Waals surface area (Å²) in [5, 5.41) is 0. The van der Waals surface area contributed by atoms with E-state index in [0.29, 0.717) is 0 Å². The zero-order chi connectivity index (χ0) is 11.5. The van der Waals surface area contributed by atoms with Gasteiger partial charge in [-0.15, -0.1) is 0 Å². The van der Waals surface area contributed by atoms with Crippen molar-refractivity contribution in [2.75, 3.05) is 0 Å². The van der Waals surface area contributed by atoms with Gasteiger partial charge < -0.3 is 4.42 Å². The second-order valence-electron chi connectivity index (χ2n) is 5.12. The van der Waals surface area contributed by atoms with Gasteiger partial charge in [0.05, 0.1) is 0 Å². The molecule has 1 aromatic heterocycles. The first-order valence-electron chi connectivity index (χ1n) is 6.76. The van der Waals surface area contributed by atoms with Gasteiger partial charge in [-0.05, 0) is 24.5 Å². The van der Waals surface area contributed by atoms with E-state index < -0.39 is 0 Å². The van der Waals surface area contributed by atoms with E-state index in [-0.39, 0.29) is 0 Å². The van der Waals surface area contributed by atoms with Crippen molar-refractivity contribution in [3.63, 3.8) is 0 Å². The maximum atomic E-state index is 5.75. The topological polar surface area (TPSA) is 26.0 Å². The van der Waals surface area contributed by atoms with Gasteiger partial charge in [0.25, 0.3) is 0 Å². The predicted molar refractivity (Wildman–Crippen MR) is 68.9 cm³/mol. The van der Waals surface area contributed by atoms with E-state index in [1.165, 1.54) is 38.5 Å². The van der Waals surface area contributed by atoms with Crippen LogP contribution in [0.15, 0.2) is 28.7 Å². The monoisotopic (exact) mass is 229 g/mol. The number of aryl methyl sites for hydroxylation is 1. The maximum Gasteiger partial charge on any atom is 0.195 e. The first kappa shape index (κ1) is 10.8. The molecule has 0 N–H and O–H groups in total. The second kappa shape index (κ2) is 4.91. The number of fused-ring (bicyclic) bond motifs is 1. The minimum Gasteiger partial charge on any atom is -0.441 e. The van der Waals surface area contributed by atoms with Crippen LogP contribution in [-0.2, 0) is 6.42 Å². The number of hydrogen-bond acceptors (Lipinski definition) is 2. The molecule has 3 rings (SSSR count). The lowest BCUT2D eigenvalue weighted by molar-refractivity contribution is 0.330. The molecule has 1 saturated carbocycles. The lowest BCUT2D eigenvalue weighted by Gasteiger charge is -2.20. The van der Waals surface area contributed by atoms with Crippen molar-refractivity contribution in [3.8, 4) is 0 Å². The van der Waals surface area contributed by atoms with Gasteiger partial charge in [-0.3, -0.25) is 0 Å². The van der Waals surface area contributed by atoms with E-state index in [1.54, 1.807) is 0 Å². The third kappa shape index (κ3) is 2.51. The molecule has 1 heterocycles. The fourth-order valence-electron chi connectivity index (χ4n) is 2.83. The van der Waals surface area contributed by atoms with Crippen molar-refractivity contribution >= 4 is 11.1 Å². The highest BCUT2D eigenvalue weighted by atomic mass is 16.3. The summed E-state index contributed by atoms with van der Waals surface area (Å²) >= 11 is 0. The molecule has 0 bridgehead atoms. The largest absolute Gasteiger partial charge is 0.441 e. The first-order chi connectivity index (χ1) is 8.42. The van der Waals surface area contributed by atoms with Crippen LogP contribution in [0, 0.1) is 5.92 Å². The summed E-state index contributed by atoms with van der Waals surface area (Å²) in [6.07, 6.45) is 9.31. The number of hydrogen-bond donors (Lipinski definition) is 0. The number of oxazole rings is 1. The Kier molecular flexibility index (Phi) is 3.12. The Bertz CT molecular complexity index is 449. The van der Waals surface area contributed by atoms with Crippen molar-refractivity contribution in [2.45, 2.75) is 44.9 Å². The van der Waals surface area contributed by atoms with E-state index in [9.17, 15) is 0 Å². The van der Waals surface area contributed by atoms with Crippen molar-refractivity contribution in [1.82, 2.24) is 4.98 Å². The predicted octanol–water partition coefficient (Wildman–Crippen LogP) is 4.34. The average Bonchev–Trinajstić information content (AvgIpc) is 2.80. The lowest BCUT2D eigenvalue weighted by atomic mass is 9.86. The molecule has 1 aliphatic carbocycles. The minimum atomic E-state index is 0.902. The molecule has 1 aromatic carbocycles. The molecular formula is C15H19NO. The molecule has 2 aromatic rings. The molecule has 0 radical (unpaired) electrons. The molecule has 0 spiro atoms. The lowest BCUT2D eigenvalue weighted by Crippen LogP contribution is -2.07. The summed E-state index contributed by atoms with van der Waals surface area (Å²) in [4.78, 5) is 4.53. The minimum absolute atomic E-state index is 0.902. The average molecular weight is 229 g/mol. The van der Waals surface area contributed by atoms with Crippen molar-refractivity contribution < 1.29 is 4.42 Å². The van der Waals surface area contributed by atoms with Gasteiger partial charge in [-0.1, -0.05) is 44.2 Å². The van der Waals surface area contributed by atoms with Crippen LogP contribution in [-0.4, -0.2) is 4.98 Å². The molecule has 1 aliphatic rings. The van der Waals surface area contributed by atoms with E-state index in [2.05, 4.69) is 4.98 Å². The van der Waals surface area contributed by atoms with Gasteiger partial charge >= 0.3 is 0 Å². The fourth-order valence-corrected chi connectivity index (χ4v) is 2.83. The van der Waals surface area contributed by atoms with Gasteiger partial charge in [-0.25, -0.2) is 4.98 Å². The second-order valence-corrected chi connectivity index (χ2v) is 5.12. The Morgan fingerprint density at radius 1 is 1.12 bits per heavy atom. The molecule has 0 unspecified atom stereocenters. The van der Waals surface area contributed by atoms with Crippen LogP contribution >= 0.6 is 0 Å². The zero-order valence-electron chi connectivity index (χ0n) is 10.2. The normalized spacial score (nSPS) is 17.6. The maximum absolute atomic E-state index is 5.75. The highest BCUT2D eigenvalue weighted by Gasteiger charge is 2.14. The Hall–Kier alpha value is -1.31. The van der Waals surface area contributed by atoms with Crippen LogP contribution in [0.4, 0.5) is 0 Å². The molecule has 2 nitrogen and oxygen atoms in total. The summed E-state index contributed by atoms with van der Waals surface area (Å²) in [5.41, 5.74) is 1.91. The van der Waals surface area contributed by atoms with Crippen molar-refractivity contribution in [3.05, 3.63) is 30.2 Å². The molecule has 0 saturated heterocycles. The molecule has 1 fully saturated rings. The van der Waals surface area contributed by atoms with Crippen LogP contribution < -0.4 is 0 Å². The standard InChI is InChI=1S/C15H19NO/c1-2-6-12(7-3-1)10-11-15-16-13-8-4-5-9-14(13)17-15/h4-5,8-9,12H,1-3,6-7,10-11H2. The SMILES string of the molecule is c1ccc2oc(CCC3CCCCC3)nc2c1. The third-order valence-corrected chi connectivity index (χ3v) is 3.83. The van der Waals surface area contributed by atoms with Crippen LogP contribution in [0.5, 0.6) is 0 Å². The molecular weight excluding hydrogens is 210 g/mol. The molecule has 0 aliphatic heterocycles. The van der Waals surface area contributed by atoms with Crippen molar-refractivity contribution in [1.29, 1.82) is 0 Å². The third-order valence-electron chi connectivity index (χ3n) is 3.83. The molecule has 2 heteroatoms. The first-order valence-corrected chi connectivity index (χ1v) is 6.76. The quantitative estimate of drug-likeness (QED) is 0.782. The van der Waals surface area contributed by atoms with E-state index >= 15 is 0 Å². The number of para-hydroxylation sites is 2.